The molecule has 0 radical (unpaired) electrons. The smallest absolute Gasteiger partial charge is 0.418 e. The van der Waals surface area contributed by atoms with Crippen LogP contribution in [-0.4, -0.2) is 16.0 Å². The molecule has 8 heteroatoms. The van der Waals surface area contributed by atoms with Crippen LogP contribution in [0, 0.1) is 0 Å². The number of pyridine rings is 1. The highest BCUT2D eigenvalue weighted by Gasteiger charge is 2.36. The minimum absolute atomic E-state index is 0.0483. The van der Waals surface area contributed by atoms with Gasteiger partial charge in [0.1, 0.15) is 11.3 Å². The lowest BCUT2D eigenvalue weighted by atomic mass is 9.85. The Balaban J connectivity index is 2.27. The van der Waals surface area contributed by atoms with Crippen LogP contribution in [0.25, 0.3) is 10.9 Å². The van der Waals surface area contributed by atoms with E-state index in [4.69, 9.17) is 12.3 Å². The van der Waals surface area contributed by atoms with Crippen molar-refractivity contribution in [2.75, 3.05) is 5.32 Å². The fraction of sp³-hybridized carbons (Fsp3) is 0.238. The molecule has 1 amide bonds. The van der Waals surface area contributed by atoms with Crippen LogP contribution in [0.4, 0.5) is 18.9 Å². The van der Waals surface area contributed by atoms with Crippen molar-refractivity contribution in [3.8, 4) is 5.75 Å². The number of para-hydroxylation sites is 1. The van der Waals surface area contributed by atoms with E-state index < -0.39 is 71.6 Å². The van der Waals surface area contributed by atoms with Crippen LogP contribution in [-0.2, 0) is 11.6 Å². The Morgan fingerprint density at radius 1 is 1.14 bits per heavy atom. The number of benzene rings is 2. The first kappa shape index (κ1) is 11.6. The van der Waals surface area contributed by atoms with Crippen LogP contribution in [0.1, 0.15) is 54.4 Å². The van der Waals surface area contributed by atoms with E-state index in [2.05, 4.69) is 4.98 Å². The quantitative estimate of drug-likeness (QED) is 0.564. The number of aromatic nitrogens is 1. The standard InChI is InChI=1S/C21H19F3N2O3/c1-20(2,3)14-8-13(21(22,23)24)16(9-17(14)27)26-19(29)12-10-25-15-7-5-4-6-11(15)18(12)28/h4-10,27H,1-3H3,(H,25,28)(H,26,29)/i1D3,2D3,3D3. The van der Waals surface area contributed by atoms with E-state index in [0.717, 1.165) is 6.20 Å². The second kappa shape index (κ2) is 6.95. The lowest BCUT2D eigenvalue weighted by Gasteiger charge is -2.24. The fourth-order valence-corrected chi connectivity index (χ4v) is 2.75. The topological polar surface area (TPSA) is 82.2 Å². The zero-order valence-electron chi connectivity index (χ0n) is 23.4. The third-order valence-corrected chi connectivity index (χ3v) is 4.13. The first-order valence-electron chi connectivity index (χ1n) is 12.5. The van der Waals surface area contributed by atoms with Crippen molar-refractivity contribution in [2.24, 2.45) is 0 Å². The van der Waals surface area contributed by atoms with Crippen LogP contribution in [0.2, 0.25) is 0 Å². The molecule has 0 aliphatic heterocycles. The molecule has 3 N–H and O–H groups in total. The number of amides is 1. The van der Waals surface area contributed by atoms with Crippen LogP contribution in [0.15, 0.2) is 47.4 Å². The third-order valence-electron chi connectivity index (χ3n) is 4.13. The van der Waals surface area contributed by atoms with Crippen LogP contribution in [0.5, 0.6) is 5.75 Å². The second-order valence-electron chi connectivity index (χ2n) is 6.19. The SMILES string of the molecule is [2H]C([2H])([2H])C(c1cc(C(F)(F)F)c(NC(=O)c2c[nH]c3ccccc3c2=O)cc1O)(C([2H])([2H])[2H])C([2H])([2H])[2H]. The van der Waals surface area contributed by atoms with Crippen molar-refractivity contribution >= 4 is 22.5 Å². The number of fused-ring (bicyclic) bond motifs is 1. The number of hydrogen-bond donors (Lipinski definition) is 3. The summed E-state index contributed by atoms with van der Waals surface area (Å²) in [6, 6.07) is 6.04. The summed E-state index contributed by atoms with van der Waals surface area (Å²) in [6.07, 6.45) is -4.45. The maximum atomic E-state index is 14.1. The summed E-state index contributed by atoms with van der Waals surface area (Å²) in [5, 5.41) is 12.4. The zero-order valence-corrected chi connectivity index (χ0v) is 14.4. The second-order valence-corrected chi connectivity index (χ2v) is 6.19. The van der Waals surface area contributed by atoms with Gasteiger partial charge in [-0.2, -0.15) is 13.2 Å². The van der Waals surface area contributed by atoms with Crippen molar-refractivity contribution in [3.05, 3.63) is 69.5 Å². The number of anilines is 1. The van der Waals surface area contributed by atoms with Gasteiger partial charge in [-0.15, -0.1) is 0 Å². The summed E-state index contributed by atoms with van der Waals surface area (Å²) in [7, 11) is 0. The molecule has 2 aromatic carbocycles. The Morgan fingerprint density at radius 3 is 2.48 bits per heavy atom. The number of rotatable bonds is 2. The molecular formula is C21H19F3N2O3. The molecule has 0 aliphatic carbocycles. The summed E-state index contributed by atoms with van der Waals surface area (Å²) in [5.74, 6) is -2.78. The molecule has 0 atom stereocenters. The summed E-state index contributed by atoms with van der Waals surface area (Å²) >= 11 is 0. The van der Waals surface area contributed by atoms with Crippen LogP contribution >= 0.6 is 0 Å². The summed E-state index contributed by atoms with van der Waals surface area (Å²) in [5.41, 5.74) is -9.60. The summed E-state index contributed by atoms with van der Waals surface area (Å²) in [4.78, 5) is 28.1. The molecule has 0 fully saturated rings. The number of aromatic amines is 1. The van der Waals surface area contributed by atoms with Crippen LogP contribution in [0.3, 0.4) is 0 Å². The molecule has 3 rings (SSSR count). The van der Waals surface area contributed by atoms with Crippen molar-refractivity contribution in [3.63, 3.8) is 0 Å². The molecule has 0 spiro atoms. The van der Waals surface area contributed by atoms with Crippen molar-refractivity contribution in [2.45, 2.75) is 32.1 Å². The molecule has 1 heterocycles. The van der Waals surface area contributed by atoms with Gasteiger partial charge >= 0.3 is 6.18 Å². The van der Waals surface area contributed by atoms with E-state index >= 15 is 0 Å². The maximum Gasteiger partial charge on any atom is 0.418 e. The Kier molecular flexibility index (Phi) is 2.79. The van der Waals surface area contributed by atoms with Gasteiger partial charge in [-0.25, -0.2) is 0 Å². The molecule has 0 unspecified atom stereocenters. The number of hydrogen-bond acceptors (Lipinski definition) is 3. The van der Waals surface area contributed by atoms with Crippen molar-refractivity contribution in [1.82, 2.24) is 4.98 Å². The molecule has 0 saturated carbocycles. The highest BCUT2D eigenvalue weighted by atomic mass is 19.4. The molecule has 1 aromatic heterocycles. The molecule has 0 bridgehead atoms. The molecule has 0 saturated heterocycles. The van der Waals surface area contributed by atoms with Crippen molar-refractivity contribution < 1.29 is 35.4 Å². The van der Waals surface area contributed by atoms with E-state index in [9.17, 15) is 27.9 Å². The minimum atomic E-state index is -5.40. The van der Waals surface area contributed by atoms with Gasteiger partial charge in [-0.1, -0.05) is 32.7 Å². The number of aromatic hydroxyl groups is 1. The number of nitrogens with one attached hydrogen (secondary N) is 2. The van der Waals surface area contributed by atoms with Gasteiger partial charge in [0.05, 0.1) is 11.3 Å². The fourth-order valence-electron chi connectivity index (χ4n) is 2.75. The molecule has 5 nitrogen and oxygen atoms in total. The molecule has 29 heavy (non-hydrogen) atoms. The normalized spacial score (nSPS) is 18.1. The van der Waals surface area contributed by atoms with Gasteiger partial charge in [-0.3, -0.25) is 9.59 Å². The number of carbonyl (C=O) groups is 1. The minimum Gasteiger partial charge on any atom is -0.508 e. The van der Waals surface area contributed by atoms with Gasteiger partial charge in [0.25, 0.3) is 5.91 Å². The van der Waals surface area contributed by atoms with E-state index in [1.54, 1.807) is 6.07 Å². The Labute approximate surface area is 176 Å². The largest absolute Gasteiger partial charge is 0.508 e. The van der Waals surface area contributed by atoms with E-state index in [0.29, 0.717) is 5.52 Å². The van der Waals surface area contributed by atoms with E-state index in [1.807, 2.05) is 5.32 Å². The molecule has 152 valence electrons. The number of phenols is 1. The van der Waals surface area contributed by atoms with Crippen LogP contribution < -0.4 is 10.7 Å². The Hall–Kier alpha value is -3.29. The van der Waals surface area contributed by atoms with Gasteiger partial charge < -0.3 is 15.4 Å². The third kappa shape index (κ3) is 3.96. The number of carbonyl (C=O) groups excluding carboxylic acids is 1. The molecular weight excluding hydrogens is 385 g/mol. The van der Waals surface area contributed by atoms with Gasteiger partial charge in [0.2, 0.25) is 5.43 Å². The molecule has 3 aromatic rings. The average Bonchev–Trinajstić information content (AvgIpc) is 2.72. The summed E-state index contributed by atoms with van der Waals surface area (Å²) in [6.45, 7) is -11.9. The predicted octanol–water partition coefficient (Wildman–Crippen LogP) is 4.80. The average molecular weight is 413 g/mol. The first-order valence-corrected chi connectivity index (χ1v) is 8.01. The maximum absolute atomic E-state index is 14.1. The first-order chi connectivity index (χ1) is 17.1. The van der Waals surface area contributed by atoms with Gasteiger partial charge in [0, 0.05) is 35.5 Å². The lowest BCUT2D eigenvalue weighted by molar-refractivity contribution is -0.137. The van der Waals surface area contributed by atoms with Gasteiger partial charge in [-0.05, 0) is 29.2 Å². The van der Waals surface area contributed by atoms with E-state index in [1.165, 1.54) is 18.2 Å². The Morgan fingerprint density at radius 2 is 1.83 bits per heavy atom. The number of H-pyrrole nitrogens is 1. The van der Waals surface area contributed by atoms with E-state index in [-0.39, 0.29) is 17.5 Å². The van der Waals surface area contributed by atoms with Gasteiger partial charge in [0.15, 0.2) is 0 Å². The number of phenolic OH excluding ortho intramolecular Hbond substituents is 1. The van der Waals surface area contributed by atoms with Crippen molar-refractivity contribution in [1.29, 1.82) is 0 Å². The number of halogens is 3. The Bertz CT molecular complexity index is 1420. The summed E-state index contributed by atoms with van der Waals surface area (Å²) < 4.78 is 111. The predicted molar refractivity (Wildman–Crippen MR) is 104 cm³/mol. The number of alkyl halides is 3. The zero-order chi connectivity index (χ0) is 29.1. The highest BCUT2D eigenvalue weighted by molar-refractivity contribution is 6.06. The molecule has 0 aliphatic rings. The lowest BCUT2D eigenvalue weighted by Crippen LogP contribution is -2.24. The highest BCUT2D eigenvalue weighted by Crippen LogP contribution is 2.42. The monoisotopic (exact) mass is 413 g/mol.